The maximum Gasteiger partial charge on any atom is 0.248 e. The number of carbonyl (C=O) groups excluding carboxylic acids is 3. The Hall–Kier alpha value is -3.15. The lowest BCUT2D eigenvalue weighted by atomic mass is 10.1. The van der Waals surface area contributed by atoms with E-state index >= 15 is 0 Å². The van der Waals surface area contributed by atoms with Crippen LogP contribution in [0.15, 0.2) is 48.5 Å². The predicted molar refractivity (Wildman–Crippen MR) is 91.3 cm³/mol. The van der Waals surface area contributed by atoms with E-state index in [4.69, 9.17) is 5.73 Å². The molecule has 0 spiro atoms. The van der Waals surface area contributed by atoms with Crippen LogP contribution in [0.25, 0.3) is 0 Å². The Morgan fingerprint density at radius 2 is 1.50 bits per heavy atom. The number of primary amides is 1. The van der Waals surface area contributed by atoms with E-state index in [1.54, 1.807) is 48.5 Å². The summed E-state index contributed by atoms with van der Waals surface area (Å²) in [5.41, 5.74) is 8.04. The second kappa shape index (κ2) is 7.92. The molecule has 0 radical (unpaired) electrons. The van der Waals surface area contributed by atoms with Crippen molar-refractivity contribution in [1.29, 1.82) is 0 Å². The summed E-state index contributed by atoms with van der Waals surface area (Å²) in [5, 5.41) is 5.49. The first kappa shape index (κ1) is 17.2. The molecular weight excluding hydrogens is 306 g/mol. The summed E-state index contributed by atoms with van der Waals surface area (Å²) in [4.78, 5) is 33.9. The summed E-state index contributed by atoms with van der Waals surface area (Å²) in [5.74, 6) is -0.725. The van der Waals surface area contributed by atoms with Crippen molar-refractivity contribution in [2.75, 3.05) is 5.32 Å². The molecule has 24 heavy (non-hydrogen) atoms. The van der Waals surface area contributed by atoms with Gasteiger partial charge in [-0.05, 0) is 35.4 Å². The van der Waals surface area contributed by atoms with Crippen LogP contribution in [0.2, 0.25) is 0 Å². The molecule has 0 aliphatic carbocycles. The van der Waals surface area contributed by atoms with Gasteiger partial charge in [-0.3, -0.25) is 14.4 Å². The third kappa shape index (κ3) is 5.24. The standard InChI is InChI=1S/C18H19N3O3/c1-12(22)21-16-8-4-13(5-9-16)10-17(23)20-11-14-2-6-15(7-3-14)18(19)24/h2-9H,10-11H2,1H3,(H2,19,24)(H,20,23)(H,21,22). The van der Waals surface area contributed by atoms with Crippen LogP contribution < -0.4 is 16.4 Å². The Balaban J connectivity index is 1.84. The Morgan fingerprint density at radius 1 is 0.917 bits per heavy atom. The van der Waals surface area contributed by atoms with Gasteiger partial charge in [0, 0.05) is 24.7 Å². The van der Waals surface area contributed by atoms with Crippen LogP contribution in [-0.2, 0) is 22.6 Å². The van der Waals surface area contributed by atoms with E-state index in [2.05, 4.69) is 10.6 Å². The fourth-order valence-electron chi connectivity index (χ4n) is 2.14. The van der Waals surface area contributed by atoms with Gasteiger partial charge in [0.15, 0.2) is 0 Å². The smallest absolute Gasteiger partial charge is 0.248 e. The van der Waals surface area contributed by atoms with Crippen LogP contribution in [0.5, 0.6) is 0 Å². The van der Waals surface area contributed by atoms with E-state index in [9.17, 15) is 14.4 Å². The molecule has 6 nitrogen and oxygen atoms in total. The Labute approximate surface area is 140 Å². The molecule has 0 saturated carbocycles. The molecule has 0 aliphatic heterocycles. The number of nitrogens with two attached hydrogens (primary N) is 1. The Bertz CT molecular complexity index is 737. The van der Waals surface area contributed by atoms with E-state index in [1.165, 1.54) is 6.92 Å². The van der Waals surface area contributed by atoms with Crippen LogP contribution in [0.3, 0.4) is 0 Å². The topological polar surface area (TPSA) is 101 Å². The van der Waals surface area contributed by atoms with Crippen molar-refractivity contribution >= 4 is 23.4 Å². The summed E-state index contributed by atoms with van der Waals surface area (Å²) < 4.78 is 0. The summed E-state index contributed by atoms with van der Waals surface area (Å²) in [7, 11) is 0. The Morgan fingerprint density at radius 3 is 2.04 bits per heavy atom. The predicted octanol–water partition coefficient (Wildman–Crippen LogP) is 1.60. The second-order valence-electron chi connectivity index (χ2n) is 5.39. The molecular formula is C18H19N3O3. The van der Waals surface area contributed by atoms with E-state index in [-0.39, 0.29) is 18.2 Å². The van der Waals surface area contributed by atoms with Gasteiger partial charge in [0.2, 0.25) is 17.7 Å². The van der Waals surface area contributed by atoms with E-state index in [1.807, 2.05) is 0 Å². The van der Waals surface area contributed by atoms with E-state index in [0.29, 0.717) is 17.8 Å². The van der Waals surface area contributed by atoms with Crippen LogP contribution in [0, 0.1) is 0 Å². The zero-order valence-electron chi connectivity index (χ0n) is 13.3. The van der Waals surface area contributed by atoms with Gasteiger partial charge < -0.3 is 16.4 Å². The molecule has 0 aliphatic rings. The molecule has 124 valence electrons. The lowest BCUT2D eigenvalue weighted by Crippen LogP contribution is -2.24. The molecule has 0 heterocycles. The summed E-state index contributed by atoms with van der Waals surface area (Å²) in [6.45, 7) is 1.82. The van der Waals surface area contributed by atoms with Crippen molar-refractivity contribution < 1.29 is 14.4 Å². The van der Waals surface area contributed by atoms with Gasteiger partial charge in [0.05, 0.1) is 6.42 Å². The highest BCUT2D eigenvalue weighted by atomic mass is 16.2. The van der Waals surface area contributed by atoms with Gasteiger partial charge in [-0.1, -0.05) is 24.3 Å². The van der Waals surface area contributed by atoms with Gasteiger partial charge in [-0.25, -0.2) is 0 Å². The number of amides is 3. The van der Waals surface area contributed by atoms with Gasteiger partial charge in [-0.15, -0.1) is 0 Å². The molecule has 0 atom stereocenters. The summed E-state index contributed by atoms with van der Waals surface area (Å²) >= 11 is 0. The first-order valence-corrected chi connectivity index (χ1v) is 7.46. The fraction of sp³-hybridized carbons (Fsp3) is 0.167. The highest BCUT2D eigenvalue weighted by molar-refractivity contribution is 5.92. The monoisotopic (exact) mass is 325 g/mol. The van der Waals surface area contributed by atoms with E-state index in [0.717, 1.165) is 11.1 Å². The molecule has 2 aromatic carbocycles. The average Bonchev–Trinajstić information content (AvgIpc) is 2.54. The van der Waals surface area contributed by atoms with Gasteiger partial charge in [0.25, 0.3) is 0 Å². The number of hydrogen-bond donors (Lipinski definition) is 3. The molecule has 3 amide bonds. The first-order chi connectivity index (χ1) is 11.4. The second-order valence-corrected chi connectivity index (χ2v) is 5.39. The van der Waals surface area contributed by atoms with Crippen LogP contribution in [0.1, 0.15) is 28.4 Å². The molecule has 2 aromatic rings. The highest BCUT2D eigenvalue weighted by Crippen LogP contribution is 2.10. The SMILES string of the molecule is CC(=O)Nc1ccc(CC(=O)NCc2ccc(C(N)=O)cc2)cc1. The fourth-order valence-corrected chi connectivity index (χ4v) is 2.14. The number of benzene rings is 2. The minimum atomic E-state index is -0.478. The lowest BCUT2D eigenvalue weighted by Gasteiger charge is -2.07. The number of hydrogen-bond acceptors (Lipinski definition) is 3. The van der Waals surface area contributed by atoms with E-state index < -0.39 is 5.91 Å². The molecule has 2 rings (SSSR count). The van der Waals surface area contributed by atoms with Gasteiger partial charge in [0.1, 0.15) is 0 Å². The molecule has 4 N–H and O–H groups in total. The van der Waals surface area contributed by atoms with Crippen LogP contribution >= 0.6 is 0 Å². The molecule has 6 heteroatoms. The average molecular weight is 325 g/mol. The summed E-state index contributed by atoms with van der Waals surface area (Å²) in [6.07, 6.45) is 0.250. The van der Waals surface area contributed by atoms with Crippen molar-refractivity contribution in [3.8, 4) is 0 Å². The summed E-state index contributed by atoms with van der Waals surface area (Å²) in [6, 6.07) is 13.9. The highest BCUT2D eigenvalue weighted by Gasteiger charge is 2.05. The third-order valence-electron chi connectivity index (χ3n) is 3.37. The normalized spacial score (nSPS) is 10.0. The quantitative estimate of drug-likeness (QED) is 0.752. The third-order valence-corrected chi connectivity index (χ3v) is 3.37. The van der Waals surface area contributed by atoms with Crippen LogP contribution in [-0.4, -0.2) is 17.7 Å². The molecule has 0 aromatic heterocycles. The molecule has 0 fully saturated rings. The van der Waals surface area contributed by atoms with Crippen molar-refractivity contribution in [3.63, 3.8) is 0 Å². The molecule has 0 bridgehead atoms. The first-order valence-electron chi connectivity index (χ1n) is 7.46. The van der Waals surface area contributed by atoms with Crippen LogP contribution in [0.4, 0.5) is 5.69 Å². The lowest BCUT2D eigenvalue weighted by molar-refractivity contribution is -0.120. The maximum atomic E-state index is 12.0. The van der Waals surface area contributed by atoms with Gasteiger partial charge >= 0.3 is 0 Å². The number of carbonyl (C=O) groups is 3. The van der Waals surface area contributed by atoms with Crippen molar-refractivity contribution in [2.45, 2.75) is 19.9 Å². The minimum absolute atomic E-state index is 0.110. The van der Waals surface area contributed by atoms with Crippen molar-refractivity contribution in [2.24, 2.45) is 5.73 Å². The molecule has 0 saturated heterocycles. The largest absolute Gasteiger partial charge is 0.366 e. The number of anilines is 1. The minimum Gasteiger partial charge on any atom is -0.366 e. The maximum absolute atomic E-state index is 12.0. The van der Waals surface area contributed by atoms with Gasteiger partial charge in [-0.2, -0.15) is 0 Å². The van der Waals surface area contributed by atoms with Crippen molar-refractivity contribution in [3.05, 3.63) is 65.2 Å². The zero-order valence-corrected chi connectivity index (χ0v) is 13.3. The zero-order chi connectivity index (χ0) is 17.5. The number of nitrogens with one attached hydrogen (secondary N) is 2. The molecule has 0 unspecified atom stereocenters. The Kier molecular flexibility index (Phi) is 5.68. The number of rotatable bonds is 6. The van der Waals surface area contributed by atoms with Crippen molar-refractivity contribution in [1.82, 2.24) is 5.32 Å².